The molecule has 0 heterocycles. The van der Waals surface area contributed by atoms with Crippen molar-refractivity contribution in [2.75, 3.05) is 6.61 Å². The zero-order chi connectivity index (χ0) is 17.0. The fraction of sp³-hybridized carbons (Fsp3) is 0.700. The maximum absolute atomic E-state index is 10.1. The molecule has 0 aliphatic carbocycles. The number of hydrogen-bond donors (Lipinski definition) is 2. The first-order chi connectivity index (χ1) is 10.4. The van der Waals surface area contributed by atoms with Gasteiger partial charge < -0.3 is 10.2 Å². The Morgan fingerprint density at radius 1 is 0.955 bits per heavy atom. The molecule has 0 aromatic heterocycles. The summed E-state index contributed by atoms with van der Waals surface area (Å²) in [5.74, 6) is 0.359. The van der Waals surface area contributed by atoms with Crippen molar-refractivity contribution in [3.05, 3.63) is 34.9 Å². The summed E-state index contributed by atoms with van der Waals surface area (Å²) in [4.78, 5) is 0. The fourth-order valence-electron chi connectivity index (χ4n) is 2.39. The molecule has 2 nitrogen and oxygen atoms in total. The van der Waals surface area contributed by atoms with Crippen LogP contribution >= 0.6 is 0 Å². The van der Waals surface area contributed by atoms with Crippen LogP contribution in [0.2, 0.25) is 0 Å². The Bertz CT molecular complexity index is 373. The smallest absolute Gasteiger partial charge is 0.0614 e. The zero-order valence-electron chi connectivity index (χ0n) is 15.2. The van der Waals surface area contributed by atoms with E-state index in [-0.39, 0.29) is 12.7 Å². The van der Waals surface area contributed by atoms with Gasteiger partial charge in [0, 0.05) is 0 Å². The van der Waals surface area contributed by atoms with Gasteiger partial charge in [-0.3, -0.25) is 0 Å². The molecule has 0 rings (SSSR count). The number of rotatable bonds is 11. The molecule has 0 amide bonds. The van der Waals surface area contributed by atoms with Crippen molar-refractivity contribution in [1.29, 1.82) is 0 Å². The lowest BCUT2D eigenvalue weighted by atomic mass is 9.94. The van der Waals surface area contributed by atoms with Crippen LogP contribution in [0.15, 0.2) is 34.9 Å². The van der Waals surface area contributed by atoms with E-state index in [0.29, 0.717) is 5.92 Å². The summed E-state index contributed by atoms with van der Waals surface area (Å²) in [6, 6.07) is 0. The summed E-state index contributed by atoms with van der Waals surface area (Å²) in [5, 5.41) is 18.9. The van der Waals surface area contributed by atoms with Gasteiger partial charge in [-0.2, -0.15) is 0 Å². The highest BCUT2D eigenvalue weighted by Crippen LogP contribution is 2.18. The summed E-state index contributed by atoms with van der Waals surface area (Å²) >= 11 is 0. The summed E-state index contributed by atoms with van der Waals surface area (Å²) in [7, 11) is 0. The van der Waals surface area contributed by atoms with Crippen molar-refractivity contribution in [2.24, 2.45) is 5.92 Å². The minimum atomic E-state index is -0.217. The SMILES string of the molecule is CC(C)=CC[C@@H](O)[C@@H](C)CCC/C(C)=C/CC/C(C)=C/CO. The Morgan fingerprint density at radius 2 is 1.59 bits per heavy atom. The highest BCUT2D eigenvalue weighted by Gasteiger charge is 2.12. The zero-order valence-corrected chi connectivity index (χ0v) is 15.2. The number of aliphatic hydroxyl groups excluding tert-OH is 2. The predicted octanol–water partition coefficient (Wildman–Crippen LogP) is 5.18. The Kier molecular flexibility index (Phi) is 12.2. The molecule has 0 aromatic rings. The molecular weight excluding hydrogens is 272 g/mol. The maximum Gasteiger partial charge on any atom is 0.0614 e. The van der Waals surface area contributed by atoms with Gasteiger partial charge in [0.05, 0.1) is 12.7 Å². The van der Waals surface area contributed by atoms with E-state index >= 15 is 0 Å². The molecule has 128 valence electrons. The second kappa shape index (κ2) is 12.7. The van der Waals surface area contributed by atoms with E-state index in [9.17, 15) is 5.11 Å². The number of aliphatic hydroxyl groups is 2. The van der Waals surface area contributed by atoms with E-state index in [1.54, 1.807) is 0 Å². The molecule has 0 aliphatic rings. The van der Waals surface area contributed by atoms with Crippen LogP contribution in [-0.2, 0) is 0 Å². The van der Waals surface area contributed by atoms with Gasteiger partial charge in [0.2, 0.25) is 0 Å². The molecule has 22 heavy (non-hydrogen) atoms. The largest absolute Gasteiger partial charge is 0.393 e. The molecule has 0 unspecified atom stereocenters. The Morgan fingerprint density at radius 3 is 2.18 bits per heavy atom. The minimum absolute atomic E-state index is 0.140. The molecule has 0 bridgehead atoms. The van der Waals surface area contributed by atoms with Crippen LogP contribution in [0.25, 0.3) is 0 Å². The summed E-state index contributed by atoms with van der Waals surface area (Å²) in [6.07, 6.45) is 12.3. The van der Waals surface area contributed by atoms with Crippen LogP contribution in [0, 0.1) is 5.92 Å². The minimum Gasteiger partial charge on any atom is -0.393 e. The quantitative estimate of drug-likeness (QED) is 0.517. The van der Waals surface area contributed by atoms with Crippen molar-refractivity contribution in [3.8, 4) is 0 Å². The normalized spacial score (nSPS) is 15.6. The molecule has 0 aliphatic heterocycles. The molecule has 0 saturated heterocycles. The Labute approximate surface area is 137 Å². The van der Waals surface area contributed by atoms with E-state index in [1.807, 2.05) is 6.08 Å². The molecular formula is C20H36O2. The maximum atomic E-state index is 10.1. The highest BCUT2D eigenvalue weighted by molar-refractivity contribution is 5.03. The summed E-state index contributed by atoms with van der Waals surface area (Å²) in [5.41, 5.74) is 3.96. The van der Waals surface area contributed by atoms with Gasteiger partial charge in [-0.15, -0.1) is 0 Å². The van der Waals surface area contributed by atoms with E-state index < -0.39 is 0 Å². The van der Waals surface area contributed by atoms with Gasteiger partial charge in [-0.05, 0) is 72.1 Å². The van der Waals surface area contributed by atoms with Crippen molar-refractivity contribution >= 4 is 0 Å². The van der Waals surface area contributed by atoms with Gasteiger partial charge in [0.1, 0.15) is 0 Å². The predicted molar refractivity (Wildman–Crippen MR) is 96.9 cm³/mol. The van der Waals surface area contributed by atoms with Crippen LogP contribution in [0.3, 0.4) is 0 Å². The molecule has 0 radical (unpaired) electrons. The molecule has 0 saturated carbocycles. The van der Waals surface area contributed by atoms with Crippen molar-refractivity contribution in [2.45, 2.75) is 79.2 Å². The molecule has 0 aromatic carbocycles. The van der Waals surface area contributed by atoms with Gasteiger partial charge in [0.15, 0.2) is 0 Å². The Hall–Kier alpha value is -0.860. The van der Waals surface area contributed by atoms with E-state index in [0.717, 1.165) is 38.5 Å². The molecule has 2 atom stereocenters. The molecule has 0 fully saturated rings. The van der Waals surface area contributed by atoms with Crippen LogP contribution in [0.5, 0.6) is 0 Å². The van der Waals surface area contributed by atoms with Gasteiger partial charge >= 0.3 is 0 Å². The fourth-order valence-corrected chi connectivity index (χ4v) is 2.39. The first kappa shape index (κ1) is 21.1. The third kappa shape index (κ3) is 11.8. The van der Waals surface area contributed by atoms with Crippen molar-refractivity contribution in [1.82, 2.24) is 0 Å². The second-order valence-corrected chi connectivity index (χ2v) is 6.78. The average molecular weight is 309 g/mol. The van der Waals surface area contributed by atoms with Crippen LogP contribution in [0.4, 0.5) is 0 Å². The highest BCUT2D eigenvalue weighted by atomic mass is 16.3. The molecule has 2 N–H and O–H groups in total. The number of allylic oxidation sites excluding steroid dienone is 4. The average Bonchev–Trinajstić information content (AvgIpc) is 2.44. The van der Waals surface area contributed by atoms with E-state index in [2.05, 4.69) is 46.8 Å². The first-order valence-electron chi connectivity index (χ1n) is 8.60. The Balaban J connectivity index is 3.93. The first-order valence-corrected chi connectivity index (χ1v) is 8.60. The third-order valence-corrected chi connectivity index (χ3v) is 4.13. The van der Waals surface area contributed by atoms with Crippen LogP contribution < -0.4 is 0 Å². The van der Waals surface area contributed by atoms with Crippen molar-refractivity contribution in [3.63, 3.8) is 0 Å². The monoisotopic (exact) mass is 308 g/mol. The lowest BCUT2D eigenvalue weighted by molar-refractivity contribution is 0.113. The molecule has 0 spiro atoms. The van der Waals surface area contributed by atoms with E-state index in [4.69, 9.17) is 5.11 Å². The third-order valence-electron chi connectivity index (χ3n) is 4.13. The summed E-state index contributed by atoms with van der Waals surface area (Å²) in [6.45, 7) is 10.7. The van der Waals surface area contributed by atoms with Gasteiger partial charge in [-0.25, -0.2) is 0 Å². The van der Waals surface area contributed by atoms with Crippen LogP contribution in [-0.4, -0.2) is 22.9 Å². The lowest BCUT2D eigenvalue weighted by Crippen LogP contribution is -2.16. The topological polar surface area (TPSA) is 40.5 Å². The molecule has 2 heteroatoms. The standard InChI is InChI=1S/C20H36O2/c1-16(2)12-13-20(22)19(5)11-7-10-17(3)8-6-9-18(4)14-15-21/h8,12,14,19-22H,6-7,9-11,13,15H2,1-5H3/b17-8+,18-14+/t19-,20+/m0/s1. The van der Waals surface area contributed by atoms with Gasteiger partial charge in [0.25, 0.3) is 0 Å². The van der Waals surface area contributed by atoms with E-state index in [1.165, 1.54) is 16.7 Å². The summed E-state index contributed by atoms with van der Waals surface area (Å²) < 4.78 is 0. The number of hydrogen-bond acceptors (Lipinski definition) is 2. The lowest BCUT2D eigenvalue weighted by Gasteiger charge is -2.17. The van der Waals surface area contributed by atoms with Crippen LogP contribution in [0.1, 0.15) is 73.1 Å². The van der Waals surface area contributed by atoms with Crippen molar-refractivity contribution < 1.29 is 10.2 Å². The van der Waals surface area contributed by atoms with Gasteiger partial charge in [-0.1, -0.05) is 41.9 Å². The second-order valence-electron chi connectivity index (χ2n) is 6.78.